The summed E-state index contributed by atoms with van der Waals surface area (Å²) in [4.78, 5) is 21.1. The number of aryl methyl sites for hydroxylation is 1. The molecule has 1 aromatic heterocycles. The molecule has 0 saturated heterocycles. The molecule has 0 fully saturated rings. The normalized spacial score (nSPS) is 10.1. The summed E-state index contributed by atoms with van der Waals surface area (Å²) in [5, 5.41) is 18.2. The van der Waals surface area contributed by atoms with Gasteiger partial charge in [-0.1, -0.05) is 0 Å². The molecular weight excluding hydrogens is 240 g/mol. The van der Waals surface area contributed by atoms with Crippen LogP contribution in [0.15, 0.2) is 12.3 Å². The standard InChI is InChI=1S/C11H14N2O5/c1-7-11(18-6-9(12)15)8(14)2-4-13(7)5-3-10(16)17/h2,4H,3,5-6H2,1H3,(H3,12,15,16,17)/p+1. The minimum atomic E-state index is -0.922. The molecule has 0 atom stereocenters. The van der Waals surface area contributed by atoms with Crippen molar-refractivity contribution in [2.75, 3.05) is 6.61 Å². The maximum atomic E-state index is 10.6. The summed E-state index contributed by atoms with van der Waals surface area (Å²) < 4.78 is 6.70. The van der Waals surface area contributed by atoms with E-state index in [-0.39, 0.29) is 31.1 Å². The van der Waals surface area contributed by atoms with Crippen LogP contribution >= 0.6 is 0 Å². The van der Waals surface area contributed by atoms with Gasteiger partial charge in [-0.2, -0.15) is 4.57 Å². The van der Waals surface area contributed by atoms with E-state index < -0.39 is 11.9 Å². The minimum Gasteiger partial charge on any atom is -0.504 e. The van der Waals surface area contributed by atoms with Gasteiger partial charge in [0.05, 0.1) is 0 Å². The van der Waals surface area contributed by atoms with Gasteiger partial charge in [0.25, 0.3) is 5.91 Å². The maximum Gasteiger partial charge on any atom is 0.309 e. The molecule has 0 aliphatic heterocycles. The van der Waals surface area contributed by atoms with Gasteiger partial charge in [-0.3, -0.25) is 9.59 Å². The average molecular weight is 255 g/mol. The van der Waals surface area contributed by atoms with Crippen molar-refractivity contribution >= 4 is 11.9 Å². The molecule has 98 valence electrons. The number of hydrogen-bond donors (Lipinski definition) is 3. The van der Waals surface area contributed by atoms with E-state index in [9.17, 15) is 14.7 Å². The predicted molar refractivity (Wildman–Crippen MR) is 60.0 cm³/mol. The van der Waals surface area contributed by atoms with Crippen molar-refractivity contribution in [2.24, 2.45) is 5.73 Å². The van der Waals surface area contributed by atoms with E-state index in [0.717, 1.165) is 0 Å². The first-order valence-electron chi connectivity index (χ1n) is 5.26. The largest absolute Gasteiger partial charge is 0.504 e. The molecule has 1 amide bonds. The summed E-state index contributed by atoms with van der Waals surface area (Å²) in [6.45, 7) is 1.55. The molecule has 0 aromatic carbocycles. The van der Waals surface area contributed by atoms with Gasteiger partial charge in [0.2, 0.25) is 11.4 Å². The van der Waals surface area contributed by atoms with Crippen LogP contribution in [0.5, 0.6) is 11.5 Å². The number of hydrogen-bond acceptors (Lipinski definition) is 4. The van der Waals surface area contributed by atoms with Gasteiger partial charge in [-0.05, 0) is 0 Å². The molecule has 0 unspecified atom stereocenters. The van der Waals surface area contributed by atoms with Crippen LogP contribution in [0.25, 0.3) is 0 Å². The molecule has 7 heteroatoms. The summed E-state index contributed by atoms with van der Waals surface area (Å²) in [5.41, 5.74) is 5.47. The van der Waals surface area contributed by atoms with Crippen molar-refractivity contribution in [3.8, 4) is 11.5 Å². The Morgan fingerprint density at radius 3 is 2.72 bits per heavy atom. The molecule has 18 heavy (non-hydrogen) atoms. The number of nitrogens with two attached hydrogens (primary N) is 1. The van der Waals surface area contributed by atoms with Crippen LogP contribution in [0.1, 0.15) is 12.1 Å². The van der Waals surface area contributed by atoms with E-state index in [1.807, 2.05) is 0 Å². The van der Waals surface area contributed by atoms with Crippen molar-refractivity contribution in [1.82, 2.24) is 0 Å². The van der Waals surface area contributed by atoms with Gasteiger partial charge in [-0.25, -0.2) is 0 Å². The quantitative estimate of drug-likeness (QED) is 0.583. The van der Waals surface area contributed by atoms with Crippen molar-refractivity contribution in [2.45, 2.75) is 19.9 Å². The van der Waals surface area contributed by atoms with E-state index in [1.165, 1.54) is 6.07 Å². The molecule has 0 spiro atoms. The van der Waals surface area contributed by atoms with Crippen molar-refractivity contribution in [3.05, 3.63) is 18.0 Å². The number of rotatable bonds is 6. The first-order valence-corrected chi connectivity index (χ1v) is 5.26. The Hall–Kier alpha value is -2.31. The lowest BCUT2D eigenvalue weighted by Gasteiger charge is -2.08. The molecule has 0 aliphatic rings. The third kappa shape index (κ3) is 3.62. The van der Waals surface area contributed by atoms with Crippen LogP contribution in [0, 0.1) is 6.92 Å². The molecule has 1 aromatic rings. The molecule has 1 heterocycles. The molecule has 1 rings (SSSR count). The lowest BCUT2D eigenvalue weighted by atomic mass is 10.3. The van der Waals surface area contributed by atoms with Crippen LogP contribution in [-0.4, -0.2) is 28.7 Å². The van der Waals surface area contributed by atoms with Gasteiger partial charge in [-0.15, -0.1) is 0 Å². The molecule has 7 nitrogen and oxygen atoms in total. The Morgan fingerprint density at radius 1 is 1.50 bits per heavy atom. The third-order valence-electron chi connectivity index (χ3n) is 2.33. The minimum absolute atomic E-state index is 0.0501. The SMILES string of the molecule is Cc1c(OCC(N)=O)c(O)cc[n+]1CCC(=O)O. The zero-order valence-corrected chi connectivity index (χ0v) is 9.92. The lowest BCUT2D eigenvalue weighted by molar-refractivity contribution is -0.702. The van der Waals surface area contributed by atoms with Gasteiger partial charge in [0, 0.05) is 13.0 Å². The van der Waals surface area contributed by atoms with E-state index in [0.29, 0.717) is 5.69 Å². The first kappa shape index (κ1) is 13.8. The predicted octanol–water partition coefficient (Wildman–Crippen LogP) is -0.673. The number of aliphatic carboxylic acids is 1. The lowest BCUT2D eigenvalue weighted by Crippen LogP contribution is -2.38. The van der Waals surface area contributed by atoms with E-state index in [1.54, 1.807) is 17.7 Å². The number of pyridine rings is 1. The summed E-state index contributed by atoms with van der Waals surface area (Å²) in [6.07, 6.45) is 1.50. The van der Waals surface area contributed by atoms with Gasteiger partial charge in [0.15, 0.2) is 25.1 Å². The van der Waals surface area contributed by atoms with Crippen molar-refractivity contribution in [1.29, 1.82) is 0 Å². The highest BCUT2D eigenvalue weighted by Crippen LogP contribution is 2.26. The van der Waals surface area contributed by atoms with Crippen LogP contribution in [0.4, 0.5) is 0 Å². The van der Waals surface area contributed by atoms with Gasteiger partial charge >= 0.3 is 5.97 Å². The topological polar surface area (TPSA) is 114 Å². The second-order valence-corrected chi connectivity index (χ2v) is 3.71. The Balaban J connectivity index is 2.91. The monoisotopic (exact) mass is 255 g/mol. The number of aromatic nitrogens is 1. The molecule has 0 bridgehead atoms. The van der Waals surface area contributed by atoms with Crippen LogP contribution < -0.4 is 15.0 Å². The fourth-order valence-electron chi connectivity index (χ4n) is 1.44. The maximum absolute atomic E-state index is 10.6. The zero-order valence-electron chi connectivity index (χ0n) is 9.92. The molecule has 0 radical (unpaired) electrons. The number of carbonyl (C=O) groups excluding carboxylic acids is 1. The number of ether oxygens (including phenoxy) is 1. The summed E-state index contributed by atoms with van der Waals surface area (Å²) in [6, 6.07) is 1.37. The van der Waals surface area contributed by atoms with Crippen LogP contribution in [-0.2, 0) is 16.1 Å². The number of carbonyl (C=O) groups is 2. The highest BCUT2D eigenvalue weighted by molar-refractivity contribution is 5.75. The number of carboxylic acids is 1. The van der Waals surface area contributed by atoms with Gasteiger partial charge in [0.1, 0.15) is 6.42 Å². The highest BCUT2D eigenvalue weighted by Gasteiger charge is 2.18. The Morgan fingerprint density at radius 2 is 2.17 bits per heavy atom. The fourth-order valence-corrected chi connectivity index (χ4v) is 1.44. The summed E-state index contributed by atoms with van der Waals surface area (Å²) in [5.74, 6) is -1.58. The Kier molecular flexibility index (Phi) is 4.47. The Bertz CT molecular complexity index is 473. The van der Waals surface area contributed by atoms with Crippen LogP contribution in [0.3, 0.4) is 0 Å². The van der Waals surface area contributed by atoms with Crippen LogP contribution in [0.2, 0.25) is 0 Å². The molecule has 4 N–H and O–H groups in total. The zero-order chi connectivity index (χ0) is 13.7. The molecular formula is C11H15N2O5+. The molecule has 0 aliphatic carbocycles. The number of carboxylic acid groups (broad SMARTS) is 1. The number of primary amides is 1. The smallest absolute Gasteiger partial charge is 0.309 e. The first-order chi connectivity index (χ1) is 8.41. The summed E-state index contributed by atoms with van der Waals surface area (Å²) >= 11 is 0. The summed E-state index contributed by atoms with van der Waals surface area (Å²) in [7, 11) is 0. The number of aromatic hydroxyl groups is 1. The van der Waals surface area contributed by atoms with E-state index in [4.69, 9.17) is 15.6 Å². The second kappa shape index (κ2) is 5.85. The Labute approximate surface area is 103 Å². The second-order valence-electron chi connectivity index (χ2n) is 3.71. The van der Waals surface area contributed by atoms with Gasteiger partial charge < -0.3 is 20.7 Å². The fraction of sp³-hybridized carbons (Fsp3) is 0.364. The van der Waals surface area contributed by atoms with Crippen molar-refractivity contribution in [3.63, 3.8) is 0 Å². The van der Waals surface area contributed by atoms with E-state index in [2.05, 4.69) is 0 Å². The highest BCUT2D eigenvalue weighted by atomic mass is 16.5. The average Bonchev–Trinajstić information content (AvgIpc) is 2.27. The molecule has 0 saturated carbocycles. The van der Waals surface area contributed by atoms with Crippen molar-refractivity contribution < 1.29 is 29.1 Å². The third-order valence-corrected chi connectivity index (χ3v) is 2.33. The van der Waals surface area contributed by atoms with E-state index >= 15 is 0 Å². The number of nitrogens with zero attached hydrogens (tertiary/aromatic N) is 1. The number of amides is 1.